The van der Waals surface area contributed by atoms with Crippen molar-refractivity contribution >= 4 is 41.8 Å². The summed E-state index contributed by atoms with van der Waals surface area (Å²) in [6.45, 7) is 0. The van der Waals surface area contributed by atoms with Gasteiger partial charge < -0.3 is 9.90 Å². The number of aromatic hydroxyl groups is 1. The molecule has 1 aromatic rings. The number of nitro groups is 1. The molecule has 0 fully saturated rings. The van der Waals surface area contributed by atoms with Crippen molar-refractivity contribution in [1.82, 2.24) is 0 Å². The molecule has 0 saturated carbocycles. The van der Waals surface area contributed by atoms with Gasteiger partial charge in [0.15, 0.2) is 7.85 Å². The average Bonchev–Trinajstić information content (AvgIpc) is 2.09. The molecule has 0 atom stereocenters. The highest BCUT2D eigenvalue weighted by Gasteiger charge is 2.17. The van der Waals surface area contributed by atoms with Gasteiger partial charge in [0.1, 0.15) is 0 Å². The first-order chi connectivity index (χ1) is 6.91. The van der Waals surface area contributed by atoms with Gasteiger partial charge in [-0.1, -0.05) is 0 Å². The number of benzene rings is 1. The first kappa shape index (κ1) is 12.0. The molecule has 0 aliphatic carbocycles. The molecule has 1 N–H and O–H groups in total. The van der Waals surface area contributed by atoms with Gasteiger partial charge in [-0.15, -0.1) is 0 Å². The van der Waals surface area contributed by atoms with E-state index in [4.69, 9.17) is 7.85 Å². The molecule has 0 aliphatic heterocycles. The van der Waals surface area contributed by atoms with Crippen molar-refractivity contribution in [2.45, 2.75) is 6.42 Å². The zero-order chi connectivity index (χ0) is 11.6. The van der Waals surface area contributed by atoms with Gasteiger partial charge in [-0.05, 0) is 34.2 Å². The van der Waals surface area contributed by atoms with Crippen LogP contribution in [-0.4, -0.2) is 23.6 Å². The van der Waals surface area contributed by atoms with E-state index in [1.165, 1.54) is 6.07 Å². The van der Waals surface area contributed by atoms with Crippen LogP contribution in [0.1, 0.15) is 5.56 Å². The first-order valence-electron chi connectivity index (χ1n) is 3.86. The highest BCUT2D eigenvalue weighted by atomic mass is 127. The van der Waals surface area contributed by atoms with E-state index >= 15 is 0 Å². The number of nitrogens with zero attached hydrogens (tertiary/aromatic N) is 1. The Labute approximate surface area is 100 Å². The Bertz CT molecular complexity index is 435. The molecule has 15 heavy (non-hydrogen) atoms. The summed E-state index contributed by atoms with van der Waals surface area (Å²) in [7, 11) is 4.97. The van der Waals surface area contributed by atoms with Gasteiger partial charge in [-0.3, -0.25) is 10.1 Å². The van der Waals surface area contributed by atoms with Crippen LogP contribution in [0, 0.1) is 13.7 Å². The maximum atomic E-state index is 10.6. The summed E-state index contributed by atoms with van der Waals surface area (Å²) in [5, 5.41) is 19.9. The van der Waals surface area contributed by atoms with E-state index in [1.54, 1.807) is 22.6 Å². The normalized spacial score (nSPS) is 9.93. The van der Waals surface area contributed by atoms with Crippen molar-refractivity contribution in [2.75, 3.05) is 0 Å². The highest BCUT2D eigenvalue weighted by molar-refractivity contribution is 14.1. The van der Waals surface area contributed by atoms with Gasteiger partial charge >= 0.3 is 5.69 Å². The van der Waals surface area contributed by atoms with E-state index in [9.17, 15) is 20.0 Å². The van der Waals surface area contributed by atoms with Crippen LogP contribution in [0.15, 0.2) is 12.1 Å². The van der Waals surface area contributed by atoms with E-state index in [0.717, 1.165) is 6.07 Å². The van der Waals surface area contributed by atoms with Crippen LogP contribution in [0.3, 0.4) is 0 Å². The van der Waals surface area contributed by atoms with Crippen molar-refractivity contribution < 1.29 is 14.8 Å². The van der Waals surface area contributed by atoms with E-state index in [-0.39, 0.29) is 6.42 Å². The lowest BCUT2D eigenvalue weighted by Gasteiger charge is -2.02. The molecule has 5 nitrogen and oxygen atoms in total. The number of carbonyl (C=O) groups is 1. The van der Waals surface area contributed by atoms with E-state index < -0.39 is 22.0 Å². The SMILES string of the molecule is [B]C(=O)Cc1cc(I)c(O)c([N+](=O)[O-])c1. The molecule has 0 aromatic heterocycles. The van der Waals surface area contributed by atoms with E-state index in [1.807, 2.05) is 0 Å². The summed E-state index contributed by atoms with van der Waals surface area (Å²) in [5.41, 5.74) is -0.583. The smallest absolute Gasteiger partial charge is 0.312 e. The molecule has 0 bridgehead atoms. The van der Waals surface area contributed by atoms with Gasteiger partial charge in [0.25, 0.3) is 0 Å². The van der Waals surface area contributed by atoms with Gasteiger partial charge in [0.2, 0.25) is 5.75 Å². The molecular weight excluding hydrogens is 312 g/mol. The molecule has 0 spiro atoms. The zero-order valence-corrected chi connectivity index (χ0v) is 9.59. The molecule has 0 unspecified atom stereocenters. The van der Waals surface area contributed by atoms with Crippen molar-refractivity contribution in [3.8, 4) is 5.75 Å². The Morgan fingerprint density at radius 2 is 2.20 bits per heavy atom. The van der Waals surface area contributed by atoms with Crippen molar-refractivity contribution in [3.63, 3.8) is 0 Å². The fourth-order valence-electron chi connectivity index (χ4n) is 1.08. The largest absolute Gasteiger partial charge is 0.501 e. The average molecular weight is 317 g/mol. The summed E-state index contributed by atoms with van der Waals surface area (Å²) in [6, 6.07) is 2.62. The minimum absolute atomic E-state index is 0.0862. The lowest BCUT2D eigenvalue weighted by Crippen LogP contribution is -2.02. The quantitative estimate of drug-likeness (QED) is 0.392. The monoisotopic (exact) mass is 317 g/mol. The topological polar surface area (TPSA) is 80.4 Å². The predicted molar refractivity (Wildman–Crippen MR) is 61.9 cm³/mol. The highest BCUT2D eigenvalue weighted by Crippen LogP contribution is 2.32. The Morgan fingerprint density at radius 3 is 2.67 bits per heavy atom. The summed E-state index contributed by atoms with van der Waals surface area (Å²) in [5.74, 6) is -0.395. The predicted octanol–water partition coefficient (Wildman–Crippen LogP) is 1.14. The van der Waals surface area contributed by atoms with Crippen LogP contribution in [0.25, 0.3) is 0 Å². The second-order valence-corrected chi connectivity index (χ2v) is 4.01. The molecule has 0 amide bonds. The molecule has 1 aromatic carbocycles. The number of hydrogen-bond donors (Lipinski definition) is 1. The lowest BCUT2D eigenvalue weighted by molar-refractivity contribution is -0.386. The third-order valence-electron chi connectivity index (χ3n) is 1.68. The second kappa shape index (κ2) is 4.60. The number of carbonyl (C=O) groups excluding carboxylic acids is 1. The molecule has 1 rings (SSSR count). The summed E-state index contributed by atoms with van der Waals surface area (Å²) < 4.78 is 0.318. The van der Waals surface area contributed by atoms with Gasteiger partial charge in [0.05, 0.1) is 14.2 Å². The number of halogens is 1. The Kier molecular flexibility index (Phi) is 3.67. The number of phenols is 1. The lowest BCUT2D eigenvalue weighted by atomic mass is 9.95. The Hall–Kier alpha value is -1.12. The summed E-state index contributed by atoms with van der Waals surface area (Å²) in [6.07, 6.45) is -0.0862. The molecular formula is C8H5BINO4. The first-order valence-corrected chi connectivity index (χ1v) is 4.93. The van der Waals surface area contributed by atoms with Crippen LogP contribution >= 0.6 is 22.6 Å². The summed E-state index contributed by atoms with van der Waals surface area (Å²) in [4.78, 5) is 20.5. The third kappa shape index (κ3) is 2.91. The minimum Gasteiger partial charge on any atom is -0.501 e. The van der Waals surface area contributed by atoms with Crippen LogP contribution < -0.4 is 0 Å². The molecule has 0 saturated heterocycles. The van der Waals surface area contributed by atoms with Crippen LogP contribution in [0.4, 0.5) is 5.69 Å². The van der Waals surface area contributed by atoms with Crippen LogP contribution in [-0.2, 0) is 11.2 Å². The van der Waals surface area contributed by atoms with Gasteiger partial charge in [-0.2, -0.15) is 0 Å². The Balaban J connectivity index is 3.23. The van der Waals surface area contributed by atoms with Gasteiger partial charge in [0, 0.05) is 12.5 Å². The second-order valence-electron chi connectivity index (χ2n) is 2.85. The van der Waals surface area contributed by atoms with Crippen LogP contribution in [0.2, 0.25) is 0 Å². The number of phenolic OH excluding ortho intramolecular Hbond substituents is 1. The molecule has 2 radical (unpaired) electrons. The van der Waals surface area contributed by atoms with Gasteiger partial charge in [-0.25, -0.2) is 0 Å². The maximum absolute atomic E-state index is 10.6. The van der Waals surface area contributed by atoms with E-state index in [2.05, 4.69) is 0 Å². The fraction of sp³-hybridized carbons (Fsp3) is 0.125. The fourth-order valence-corrected chi connectivity index (χ4v) is 1.76. The maximum Gasteiger partial charge on any atom is 0.312 e. The van der Waals surface area contributed by atoms with Crippen molar-refractivity contribution in [3.05, 3.63) is 31.4 Å². The van der Waals surface area contributed by atoms with Crippen LogP contribution in [0.5, 0.6) is 5.75 Å². The molecule has 0 aliphatic rings. The molecule has 7 heteroatoms. The third-order valence-corrected chi connectivity index (χ3v) is 2.50. The molecule has 76 valence electrons. The number of nitro benzene ring substituents is 1. The van der Waals surface area contributed by atoms with Crippen molar-refractivity contribution in [1.29, 1.82) is 0 Å². The van der Waals surface area contributed by atoms with Crippen molar-refractivity contribution in [2.24, 2.45) is 0 Å². The standard InChI is InChI=1S/C8H5BINO4/c9-7(12)3-4-1-5(10)8(13)6(2-4)11(14)15/h1-2,13H,3H2. The number of rotatable bonds is 3. The zero-order valence-electron chi connectivity index (χ0n) is 7.44. The summed E-state index contributed by atoms with van der Waals surface area (Å²) >= 11 is 1.75. The van der Waals surface area contributed by atoms with E-state index in [0.29, 0.717) is 9.13 Å². The number of hydrogen-bond acceptors (Lipinski definition) is 4. The minimum atomic E-state index is -0.706. The molecule has 0 heterocycles. The Morgan fingerprint density at radius 1 is 1.60 bits per heavy atom.